The molecule has 0 spiro atoms. The Bertz CT molecular complexity index is 125. The lowest BCUT2D eigenvalue weighted by molar-refractivity contribution is -0.122. The highest BCUT2D eigenvalue weighted by Gasteiger charge is 2.22. The monoisotopic (exact) mass is 142 g/mol. The molecule has 1 unspecified atom stereocenters. The summed E-state index contributed by atoms with van der Waals surface area (Å²) in [7, 11) is 0. The molecular formula is C7H14N2O. The van der Waals surface area contributed by atoms with E-state index in [0.717, 1.165) is 25.8 Å². The van der Waals surface area contributed by atoms with Gasteiger partial charge in [0.2, 0.25) is 5.91 Å². The largest absolute Gasteiger partial charge is 0.356 e. The quantitative estimate of drug-likeness (QED) is 0.576. The highest BCUT2D eigenvalue weighted by Crippen LogP contribution is 2.14. The van der Waals surface area contributed by atoms with Crippen LogP contribution >= 0.6 is 0 Å². The fraction of sp³-hybridized carbons (Fsp3) is 0.857. The second-order valence-corrected chi connectivity index (χ2v) is 2.71. The lowest BCUT2D eigenvalue weighted by atomic mass is 10.0. The van der Waals surface area contributed by atoms with Crippen LogP contribution < -0.4 is 11.1 Å². The van der Waals surface area contributed by atoms with Crippen LogP contribution in [-0.2, 0) is 4.79 Å². The minimum atomic E-state index is 0.216. The van der Waals surface area contributed by atoms with Crippen LogP contribution in [0.2, 0.25) is 0 Å². The van der Waals surface area contributed by atoms with Crippen LogP contribution in [-0.4, -0.2) is 19.0 Å². The van der Waals surface area contributed by atoms with Crippen LogP contribution in [0.4, 0.5) is 0 Å². The summed E-state index contributed by atoms with van der Waals surface area (Å²) in [5, 5.41) is 2.80. The van der Waals surface area contributed by atoms with Gasteiger partial charge in [0.1, 0.15) is 0 Å². The average molecular weight is 142 g/mol. The van der Waals surface area contributed by atoms with Gasteiger partial charge in [0.25, 0.3) is 0 Å². The molecule has 0 saturated carbocycles. The van der Waals surface area contributed by atoms with Crippen molar-refractivity contribution in [2.24, 2.45) is 11.7 Å². The topological polar surface area (TPSA) is 55.1 Å². The first-order valence-corrected chi connectivity index (χ1v) is 3.82. The minimum Gasteiger partial charge on any atom is -0.356 e. The summed E-state index contributed by atoms with van der Waals surface area (Å²) in [6.07, 6.45) is 2.93. The summed E-state index contributed by atoms with van der Waals surface area (Å²) in [5.74, 6) is 0.469. The number of nitrogens with two attached hydrogens (primary N) is 1. The van der Waals surface area contributed by atoms with Gasteiger partial charge in [-0.1, -0.05) is 0 Å². The van der Waals surface area contributed by atoms with Crippen molar-refractivity contribution >= 4 is 5.91 Å². The molecule has 1 aliphatic heterocycles. The molecule has 1 atom stereocenters. The zero-order valence-corrected chi connectivity index (χ0v) is 6.10. The van der Waals surface area contributed by atoms with Crippen molar-refractivity contribution in [1.29, 1.82) is 0 Å². The highest BCUT2D eigenvalue weighted by atomic mass is 16.2. The summed E-state index contributed by atoms with van der Waals surface area (Å²) in [5.41, 5.74) is 5.32. The Morgan fingerprint density at radius 1 is 1.70 bits per heavy atom. The Balaban J connectivity index is 2.20. The SMILES string of the molecule is NCCCC1CCNC1=O. The Hall–Kier alpha value is -0.570. The van der Waals surface area contributed by atoms with Gasteiger partial charge < -0.3 is 11.1 Å². The number of carbonyl (C=O) groups excluding carboxylic acids is 1. The van der Waals surface area contributed by atoms with E-state index < -0.39 is 0 Å². The fourth-order valence-corrected chi connectivity index (χ4v) is 1.28. The van der Waals surface area contributed by atoms with E-state index in [1.54, 1.807) is 0 Å². The zero-order valence-electron chi connectivity index (χ0n) is 6.10. The van der Waals surface area contributed by atoms with Crippen molar-refractivity contribution in [3.05, 3.63) is 0 Å². The van der Waals surface area contributed by atoms with Crippen LogP contribution in [0.15, 0.2) is 0 Å². The first-order chi connectivity index (χ1) is 4.84. The average Bonchev–Trinajstić information content (AvgIpc) is 2.31. The predicted molar refractivity (Wildman–Crippen MR) is 39.4 cm³/mol. The number of carbonyl (C=O) groups is 1. The maximum atomic E-state index is 10.9. The molecule has 3 heteroatoms. The van der Waals surface area contributed by atoms with Crippen molar-refractivity contribution in [3.8, 4) is 0 Å². The van der Waals surface area contributed by atoms with Crippen molar-refractivity contribution in [2.75, 3.05) is 13.1 Å². The van der Waals surface area contributed by atoms with Crippen LogP contribution in [0.1, 0.15) is 19.3 Å². The number of hydrogen-bond donors (Lipinski definition) is 2. The molecule has 0 bridgehead atoms. The van der Waals surface area contributed by atoms with Gasteiger partial charge in [0.15, 0.2) is 0 Å². The first-order valence-electron chi connectivity index (χ1n) is 3.82. The van der Waals surface area contributed by atoms with Crippen molar-refractivity contribution < 1.29 is 4.79 Å². The van der Waals surface area contributed by atoms with E-state index in [9.17, 15) is 4.79 Å². The normalized spacial score (nSPS) is 24.9. The molecule has 1 heterocycles. The number of hydrogen-bond acceptors (Lipinski definition) is 2. The fourth-order valence-electron chi connectivity index (χ4n) is 1.28. The van der Waals surface area contributed by atoms with Gasteiger partial charge >= 0.3 is 0 Å². The third-order valence-corrected chi connectivity index (χ3v) is 1.92. The third kappa shape index (κ3) is 1.70. The molecule has 0 aromatic carbocycles. The van der Waals surface area contributed by atoms with E-state index in [1.165, 1.54) is 0 Å². The molecule has 1 saturated heterocycles. The molecule has 3 nitrogen and oxygen atoms in total. The third-order valence-electron chi connectivity index (χ3n) is 1.92. The van der Waals surface area contributed by atoms with E-state index in [2.05, 4.69) is 5.32 Å². The lowest BCUT2D eigenvalue weighted by Gasteiger charge is -2.02. The van der Waals surface area contributed by atoms with Crippen molar-refractivity contribution in [1.82, 2.24) is 5.32 Å². The number of nitrogens with one attached hydrogen (secondary N) is 1. The van der Waals surface area contributed by atoms with Crippen molar-refractivity contribution in [3.63, 3.8) is 0 Å². The number of amides is 1. The Morgan fingerprint density at radius 2 is 2.50 bits per heavy atom. The molecular weight excluding hydrogens is 128 g/mol. The zero-order chi connectivity index (χ0) is 7.40. The Labute approximate surface area is 61.0 Å². The van der Waals surface area contributed by atoms with Gasteiger partial charge in [-0.15, -0.1) is 0 Å². The van der Waals surface area contributed by atoms with Gasteiger partial charge in [-0.05, 0) is 25.8 Å². The molecule has 1 aliphatic rings. The first kappa shape index (κ1) is 7.54. The molecule has 1 rings (SSSR count). The molecule has 0 aliphatic carbocycles. The molecule has 1 amide bonds. The van der Waals surface area contributed by atoms with Gasteiger partial charge in [0.05, 0.1) is 0 Å². The highest BCUT2D eigenvalue weighted by molar-refractivity contribution is 5.80. The summed E-state index contributed by atoms with van der Waals surface area (Å²) >= 11 is 0. The molecule has 58 valence electrons. The Morgan fingerprint density at radius 3 is 3.00 bits per heavy atom. The minimum absolute atomic E-state index is 0.216. The van der Waals surface area contributed by atoms with Crippen LogP contribution in [0.25, 0.3) is 0 Å². The van der Waals surface area contributed by atoms with Gasteiger partial charge in [0, 0.05) is 12.5 Å². The summed E-state index contributed by atoms with van der Waals surface area (Å²) < 4.78 is 0. The molecule has 3 N–H and O–H groups in total. The lowest BCUT2D eigenvalue weighted by Crippen LogP contribution is -2.19. The smallest absolute Gasteiger partial charge is 0.223 e. The molecule has 1 fully saturated rings. The second-order valence-electron chi connectivity index (χ2n) is 2.71. The standard InChI is InChI=1S/C7H14N2O/c8-4-1-2-6-3-5-9-7(6)10/h6H,1-5,8H2,(H,9,10). The van der Waals surface area contributed by atoms with E-state index in [-0.39, 0.29) is 11.8 Å². The van der Waals surface area contributed by atoms with Gasteiger partial charge in [-0.2, -0.15) is 0 Å². The van der Waals surface area contributed by atoms with Crippen LogP contribution in [0.3, 0.4) is 0 Å². The Kier molecular flexibility index (Phi) is 2.68. The van der Waals surface area contributed by atoms with Crippen LogP contribution in [0.5, 0.6) is 0 Å². The molecule has 0 aromatic rings. The molecule has 0 radical (unpaired) electrons. The van der Waals surface area contributed by atoms with Gasteiger partial charge in [-0.3, -0.25) is 4.79 Å². The number of rotatable bonds is 3. The van der Waals surface area contributed by atoms with E-state index >= 15 is 0 Å². The summed E-state index contributed by atoms with van der Waals surface area (Å²) in [4.78, 5) is 10.9. The van der Waals surface area contributed by atoms with Gasteiger partial charge in [-0.25, -0.2) is 0 Å². The van der Waals surface area contributed by atoms with E-state index in [4.69, 9.17) is 5.73 Å². The van der Waals surface area contributed by atoms with E-state index in [0.29, 0.717) is 6.54 Å². The summed E-state index contributed by atoms with van der Waals surface area (Å²) in [6.45, 7) is 1.55. The van der Waals surface area contributed by atoms with Crippen LogP contribution in [0, 0.1) is 5.92 Å². The molecule has 0 aromatic heterocycles. The molecule has 10 heavy (non-hydrogen) atoms. The maximum Gasteiger partial charge on any atom is 0.223 e. The maximum absolute atomic E-state index is 10.9. The second kappa shape index (κ2) is 3.56. The predicted octanol–water partition coefficient (Wildman–Crippen LogP) is -0.139. The van der Waals surface area contributed by atoms with E-state index in [1.807, 2.05) is 0 Å². The van der Waals surface area contributed by atoms with Crippen molar-refractivity contribution in [2.45, 2.75) is 19.3 Å². The summed E-state index contributed by atoms with van der Waals surface area (Å²) in [6, 6.07) is 0.